The number of fused-ring (bicyclic) bond motifs is 1. The maximum atomic E-state index is 13.5. The molecule has 0 amide bonds. The number of rotatable bonds is 4. The standard InChI is InChI=1S/C17H18FNO2/c1-2-19-11-13-9-14(18)4-5-15(13)12-3-6-16-17(10-12)21-8-7-20-16/h3-6,9-10,19H,2,7-8,11H2,1H3. The normalized spacial score (nSPS) is 13.2. The lowest BCUT2D eigenvalue weighted by Gasteiger charge is -2.19. The Bertz CT molecular complexity index is 643. The van der Waals surface area contributed by atoms with Crippen LogP contribution in [-0.4, -0.2) is 19.8 Å². The third-order valence-electron chi connectivity index (χ3n) is 3.49. The summed E-state index contributed by atoms with van der Waals surface area (Å²) in [5.41, 5.74) is 2.95. The highest BCUT2D eigenvalue weighted by Crippen LogP contribution is 2.35. The molecule has 0 saturated heterocycles. The second-order valence-electron chi connectivity index (χ2n) is 4.94. The molecule has 0 fully saturated rings. The summed E-state index contributed by atoms with van der Waals surface area (Å²) >= 11 is 0. The van der Waals surface area contributed by atoms with E-state index in [2.05, 4.69) is 5.32 Å². The summed E-state index contributed by atoms with van der Waals surface area (Å²) in [6.45, 7) is 4.65. The van der Waals surface area contributed by atoms with Crippen molar-refractivity contribution in [2.45, 2.75) is 13.5 Å². The summed E-state index contributed by atoms with van der Waals surface area (Å²) in [5, 5.41) is 3.24. The fraction of sp³-hybridized carbons (Fsp3) is 0.294. The molecule has 21 heavy (non-hydrogen) atoms. The smallest absolute Gasteiger partial charge is 0.161 e. The van der Waals surface area contributed by atoms with Gasteiger partial charge in [-0.05, 0) is 47.5 Å². The molecule has 0 unspecified atom stereocenters. The van der Waals surface area contributed by atoms with Crippen LogP contribution < -0.4 is 14.8 Å². The molecule has 0 radical (unpaired) electrons. The van der Waals surface area contributed by atoms with Crippen LogP contribution in [0.1, 0.15) is 12.5 Å². The third kappa shape index (κ3) is 3.00. The molecule has 2 aromatic carbocycles. The summed E-state index contributed by atoms with van der Waals surface area (Å²) in [4.78, 5) is 0. The van der Waals surface area contributed by atoms with E-state index >= 15 is 0 Å². The molecule has 3 nitrogen and oxygen atoms in total. The summed E-state index contributed by atoms with van der Waals surface area (Å²) in [7, 11) is 0. The van der Waals surface area contributed by atoms with Crippen molar-refractivity contribution in [1.82, 2.24) is 5.32 Å². The summed E-state index contributed by atoms with van der Waals surface area (Å²) in [5.74, 6) is 1.29. The van der Waals surface area contributed by atoms with Gasteiger partial charge in [0, 0.05) is 6.54 Å². The van der Waals surface area contributed by atoms with Gasteiger partial charge in [0.05, 0.1) is 0 Å². The Morgan fingerprint density at radius 2 is 1.86 bits per heavy atom. The third-order valence-corrected chi connectivity index (χ3v) is 3.49. The predicted molar refractivity (Wildman–Crippen MR) is 80.2 cm³/mol. The second-order valence-corrected chi connectivity index (χ2v) is 4.94. The first kappa shape index (κ1) is 13.9. The van der Waals surface area contributed by atoms with Crippen LogP contribution >= 0.6 is 0 Å². The van der Waals surface area contributed by atoms with E-state index in [1.54, 1.807) is 6.07 Å². The SMILES string of the molecule is CCNCc1cc(F)ccc1-c1ccc2c(c1)OCCO2. The second kappa shape index (κ2) is 6.14. The van der Waals surface area contributed by atoms with Gasteiger partial charge in [0.1, 0.15) is 19.0 Å². The van der Waals surface area contributed by atoms with Crippen LogP contribution in [0, 0.1) is 5.82 Å². The van der Waals surface area contributed by atoms with E-state index in [4.69, 9.17) is 9.47 Å². The van der Waals surface area contributed by atoms with Gasteiger partial charge < -0.3 is 14.8 Å². The molecule has 4 heteroatoms. The monoisotopic (exact) mass is 287 g/mol. The Morgan fingerprint density at radius 3 is 2.67 bits per heavy atom. The molecular weight excluding hydrogens is 269 g/mol. The highest BCUT2D eigenvalue weighted by atomic mass is 19.1. The minimum atomic E-state index is -0.218. The zero-order valence-corrected chi connectivity index (χ0v) is 12.0. The van der Waals surface area contributed by atoms with Crippen LogP contribution in [0.15, 0.2) is 36.4 Å². The molecule has 0 atom stereocenters. The molecule has 0 aromatic heterocycles. The van der Waals surface area contributed by atoms with Crippen molar-refractivity contribution in [2.75, 3.05) is 19.8 Å². The van der Waals surface area contributed by atoms with Crippen LogP contribution in [0.2, 0.25) is 0 Å². The van der Waals surface area contributed by atoms with Gasteiger partial charge in [-0.2, -0.15) is 0 Å². The lowest BCUT2D eigenvalue weighted by Crippen LogP contribution is -2.15. The number of nitrogens with one attached hydrogen (secondary N) is 1. The first-order valence-electron chi connectivity index (χ1n) is 7.17. The molecular formula is C17H18FNO2. The average molecular weight is 287 g/mol. The van der Waals surface area contributed by atoms with Crippen LogP contribution in [0.5, 0.6) is 11.5 Å². The van der Waals surface area contributed by atoms with E-state index in [9.17, 15) is 4.39 Å². The Labute approximate surface area is 123 Å². The first-order valence-corrected chi connectivity index (χ1v) is 7.17. The molecule has 0 aliphatic carbocycles. The van der Waals surface area contributed by atoms with Gasteiger partial charge in [0.15, 0.2) is 11.5 Å². The van der Waals surface area contributed by atoms with Gasteiger partial charge >= 0.3 is 0 Å². The topological polar surface area (TPSA) is 30.5 Å². The minimum Gasteiger partial charge on any atom is -0.486 e. The van der Waals surface area contributed by atoms with Gasteiger partial charge in [-0.3, -0.25) is 0 Å². The molecule has 2 aromatic rings. The highest BCUT2D eigenvalue weighted by Gasteiger charge is 2.14. The lowest BCUT2D eigenvalue weighted by atomic mass is 9.99. The average Bonchev–Trinajstić information content (AvgIpc) is 2.52. The van der Waals surface area contributed by atoms with Gasteiger partial charge in [0.25, 0.3) is 0 Å². The van der Waals surface area contributed by atoms with Crippen LogP contribution in [-0.2, 0) is 6.54 Å². The lowest BCUT2D eigenvalue weighted by molar-refractivity contribution is 0.171. The minimum absolute atomic E-state index is 0.218. The van der Waals surface area contributed by atoms with Crippen molar-refractivity contribution in [1.29, 1.82) is 0 Å². The number of hydrogen-bond donors (Lipinski definition) is 1. The molecule has 1 aliphatic rings. The van der Waals surface area contributed by atoms with Crippen LogP contribution in [0.25, 0.3) is 11.1 Å². The summed E-state index contributed by atoms with van der Waals surface area (Å²) in [6, 6.07) is 10.7. The quantitative estimate of drug-likeness (QED) is 0.935. The van der Waals surface area contributed by atoms with Gasteiger partial charge in [-0.1, -0.05) is 19.1 Å². The summed E-state index contributed by atoms with van der Waals surface area (Å²) in [6.07, 6.45) is 0. The van der Waals surface area contributed by atoms with Crippen molar-refractivity contribution in [3.63, 3.8) is 0 Å². The van der Waals surface area contributed by atoms with Crippen LogP contribution in [0.4, 0.5) is 4.39 Å². The molecule has 3 rings (SSSR count). The van der Waals surface area contributed by atoms with Crippen molar-refractivity contribution < 1.29 is 13.9 Å². The van der Waals surface area contributed by atoms with E-state index in [-0.39, 0.29) is 5.82 Å². The van der Waals surface area contributed by atoms with Crippen molar-refractivity contribution >= 4 is 0 Å². The Hall–Kier alpha value is -2.07. The predicted octanol–water partition coefficient (Wildman–Crippen LogP) is 3.37. The zero-order chi connectivity index (χ0) is 14.7. The van der Waals surface area contributed by atoms with E-state index in [0.29, 0.717) is 19.8 Å². The molecule has 1 heterocycles. The fourth-order valence-electron chi connectivity index (χ4n) is 2.46. The Kier molecular flexibility index (Phi) is 4.06. The maximum Gasteiger partial charge on any atom is 0.161 e. The number of halogens is 1. The van der Waals surface area contributed by atoms with Crippen LogP contribution in [0.3, 0.4) is 0 Å². The van der Waals surface area contributed by atoms with Gasteiger partial charge in [0.2, 0.25) is 0 Å². The molecule has 1 aliphatic heterocycles. The highest BCUT2D eigenvalue weighted by molar-refractivity contribution is 5.70. The largest absolute Gasteiger partial charge is 0.486 e. The number of benzene rings is 2. The first-order chi connectivity index (χ1) is 10.3. The number of ether oxygens (including phenoxy) is 2. The van der Waals surface area contributed by atoms with Crippen molar-refractivity contribution in [3.8, 4) is 22.6 Å². The maximum absolute atomic E-state index is 13.5. The molecule has 110 valence electrons. The van der Waals surface area contributed by atoms with E-state index in [0.717, 1.165) is 34.7 Å². The van der Waals surface area contributed by atoms with Crippen molar-refractivity contribution in [2.24, 2.45) is 0 Å². The molecule has 0 saturated carbocycles. The van der Waals surface area contributed by atoms with Gasteiger partial charge in [-0.25, -0.2) is 4.39 Å². The summed E-state index contributed by atoms with van der Waals surface area (Å²) < 4.78 is 24.6. The molecule has 0 spiro atoms. The molecule has 1 N–H and O–H groups in total. The molecule has 0 bridgehead atoms. The number of hydrogen-bond acceptors (Lipinski definition) is 3. The fourth-order valence-corrected chi connectivity index (χ4v) is 2.46. The van der Waals surface area contributed by atoms with Crippen molar-refractivity contribution in [3.05, 3.63) is 47.8 Å². The Morgan fingerprint density at radius 1 is 1.05 bits per heavy atom. The van der Waals surface area contributed by atoms with E-state index < -0.39 is 0 Å². The Balaban J connectivity index is 1.99. The van der Waals surface area contributed by atoms with E-state index in [1.165, 1.54) is 6.07 Å². The van der Waals surface area contributed by atoms with E-state index in [1.807, 2.05) is 31.2 Å². The van der Waals surface area contributed by atoms with Gasteiger partial charge in [-0.15, -0.1) is 0 Å². The zero-order valence-electron chi connectivity index (χ0n) is 12.0.